The number of ether oxygens (including phenoxy) is 1. The zero-order chi connectivity index (χ0) is 20.7. The van der Waals surface area contributed by atoms with Gasteiger partial charge in [0, 0.05) is 18.3 Å². The molecule has 0 saturated heterocycles. The predicted octanol–water partition coefficient (Wildman–Crippen LogP) is 4.62. The van der Waals surface area contributed by atoms with Crippen LogP contribution in [0.1, 0.15) is 13.8 Å². The average molecular weight is 409 g/mol. The van der Waals surface area contributed by atoms with Crippen LogP contribution in [0.2, 0.25) is 5.02 Å². The Morgan fingerprint density at radius 1 is 1.11 bits per heavy atom. The monoisotopic (exact) mass is 408 g/mol. The van der Waals surface area contributed by atoms with Gasteiger partial charge in [-0.25, -0.2) is 0 Å². The molecule has 0 spiro atoms. The largest absolute Gasteiger partial charge is 0.484 e. The van der Waals surface area contributed by atoms with Gasteiger partial charge >= 0.3 is 11.4 Å². The summed E-state index contributed by atoms with van der Waals surface area (Å²) in [6.07, 6.45) is 0. The molecule has 2 aromatic rings. The van der Waals surface area contributed by atoms with Gasteiger partial charge in [-0.3, -0.25) is 20.2 Å². The minimum Gasteiger partial charge on any atom is -0.484 e. The SMILES string of the molecule is CCN(CC)CCOc1c(Cl)cc([N+](=O)[O-])c(Nc2ccccc2)c1[N+](=O)[O-]. The van der Waals surface area contributed by atoms with Gasteiger partial charge in [0.25, 0.3) is 0 Å². The fourth-order valence-corrected chi connectivity index (χ4v) is 2.91. The molecule has 2 aromatic carbocycles. The molecule has 0 aromatic heterocycles. The van der Waals surface area contributed by atoms with Crippen LogP contribution in [0, 0.1) is 20.2 Å². The lowest BCUT2D eigenvalue weighted by molar-refractivity contribution is -0.392. The molecule has 2 rings (SSSR count). The second-order valence-electron chi connectivity index (χ2n) is 5.81. The molecule has 0 radical (unpaired) electrons. The maximum Gasteiger partial charge on any atom is 0.342 e. The Morgan fingerprint density at radius 2 is 1.75 bits per heavy atom. The summed E-state index contributed by atoms with van der Waals surface area (Å²) in [4.78, 5) is 23.9. The Hall–Kier alpha value is -2.91. The second kappa shape index (κ2) is 9.86. The van der Waals surface area contributed by atoms with Crippen molar-refractivity contribution in [2.45, 2.75) is 13.8 Å². The summed E-state index contributed by atoms with van der Waals surface area (Å²) >= 11 is 6.11. The van der Waals surface area contributed by atoms with Crippen LogP contribution in [-0.2, 0) is 0 Å². The van der Waals surface area contributed by atoms with Crippen LogP contribution in [0.3, 0.4) is 0 Å². The van der Waals surface area contributed by atoms with Gasteiger partial charge in [0.15, 0.2) is 0 Å². The number of nitro groups is 2. The standard InChI is InChI=1S/C18H21ClN4O5/c1-3-21(4-2)10-11-28-18-14(19)12-15(22(24)25)16(17(18)23(26)27)20-13-8-6-5-7-9-13/h5-9,12,20H,3-4,10-11H2,1-2H3. The molecular formula is C18H21ClN4O5. The average Bonchev–Trinajstić information content (AvgIpc) is 2.67. The molecule has 0 amide bonds. The second-order valence-corrected chi connectivity index (χ2v) is 6.22. The van der Waals surface area contributed by atoms with Crippen molar-refractivity contribution in [2.75, 3.05) is 31.6 Å². The van der Waals surface area contributed by atoms with Gasteiger partial charge in [0.2, 0.25) is 11.4 Å². The van der Waals surface area contributed by atoms with E-state index in [0.29, 0.717) is 12.2 Å². The van der Waals surface area contributed by atoms with Crippen LogP contribution in [-0.4, -0.2) is 41.0 Å². The van der Waals surface area contributed by atoms with Crippen molar-refractivity contribution in [1.29, 1.82) is 0 Å². The first-order valence-corrected chi connectivity index (χ1v) is 9.09. The van der Waals surface area contributed by atoms with Crippen LogP contribution in [0.15, 0.2) is 36.4 Å². The Kier molecular flexibility index (Phi) is 7.53. The zero-order valence-corrected chi connectivity index (χ0v) is 16.3. The highest BCUT2D eigenvalue weighted by Gasteiger charge is 2.33. The van der Waals surface area contributed by atoms with E-state index in [4.69, 9.17) is 16.3 Å². The van der Waals surface area contributed by atoms with Crippen LogP contribution in [0.4, 0.5) is 22.7 Å². The number of nitrogens with one attached hydrogen (secondary N) is 1. The smallest absolute Gasteiger partial charge is 0.342 e. The van der Waals surface area contributed by atoms with Crippen molar-refractivity contribution in [3.05, 3.63) is 61.6 Å². The number of hydrogen-bond donors (Lipinski definition) is 1. The molecule has 0 heterocycles. The van der Waals surface area contributed by atoms with Crippen molar-refractivity contribution >= 4 is 34.4 Å². The third kappa shape index (κ3) is 5.08. The summed E-state index contributed by atoms with van der Waals surface area (Å²) in [5, 5.41) is 25.8. The van der Waals surface area contributed by atoms with E-state index in [1.807, 2.05) is 13.8 Å². The fourth-order valence-electron chi connectivity index (χ4n) is 2.67. The first-order valence-electron chi connectivity index (χ1n) is 8.71. The fraction of sp³-hybridized carbons (Fsp3) is 0.333. The zero-order valence-electron chi connectivity index (χ0n) is 15.6. The van der Waals surface area contributed by atoms with E-state index in [1.165, 1.54) is 0 Å². The maximum absolute atomic E-state index is 11.8. The normalized spacial score (nSPS) is 10.7. The lowest BCUT2D eigenvalue weighted by Crippen LogP contribution is -2.28. The minimum atomic E-state index is -0.725. The summed E-state index contributed by atoms with van der Waals surface area (Å²) < 4.78 is 5.60. The Bertz CT molecular complexity index is 844. The number of para-hydroxylation sites is 1. The van der Waals surface area contributed by atoms with Crippen LogP contribution in [0.5, 0.6) is 5.75 Å². The van der Waals surface area contributed by atoms with Gasteiger partial charge in [-0.2, -0.15) is 0 Å². The first kappa shape index (κ1) is 21.4. The van der Waals surface area contributed by atoms with Crippen molar-refractivity contribution in [3.63, 3.8) is 0 Å². The number of nitrogens with zero attached hydrogens (tertiary/aromatic N) is 3. The van der Waals surface area contributed by atoms with Crippen LogP contribution < -0.4 is 10.1 Å². The van der Waals surface area contributed by atoms with Crippen molar-refractivity contribution in [1.82, 2.24) is 4.90 Å². The van der Waals surface area contributed by atoms with Crippen molar-refractivity contribution in [2.24, 2.45) is 0 Å². The number of benzene rings is 2. The van der Waals surface area contributed by atoms with Gasteiger partial charge in [-0.05, 0) is 25.2 Å². The maximum atomic E-state index is 11.8. The highest BCUT2D eigenvalue weighted by atomic mass is 35.5. The number of halogens is 1. The van der Waals surface area contributed by atoms with Crippen molar-refractivity contribution < 1.29 is 14.6 Å². The number of anilines is 2. The number of likely N-dealkylation sites (N-methyl/N-ethyl adjacent to an activating group) is 1. The summed E-state index contributed by atoms with van der Waals surface area (Å²) in [6.45, 7) is 6.29. The molecule has 0 bridgehead atoms. The highest BCUT2D eigenvalue weighted by Crippen LogP contribution is 2.47. The Labute approximate surface area is 167 Å². The van der Waals surface area contributed by atoms with Crippen molar-refractivity contribution in [3.8, 4) is 5.75 Å². The van der Waals surface area contributed by atoms with Gasteiger partial charge < -0.3 is 15.0 Å². The topological polar surface area (TPSA) is 111 Å². The molecule has 9 nitrogen and oxygen atoms in total. The van der Waals surface area contributed by atoms with E-state index < -0.39 is 21.2 Å². The molecule has 10 heteroatoms. The molecule has 0 aliphatic carbocycles. The highest BCUT2D eigenvalue weighted by molar-refractivity contribution is 6.33. The lowest BCUT2D eigenvalue weighted by Gasteiger charge is -2.19. The lowest BCUT2D eigenvalue weighted by atomic mass is 10.2. The third-order valence-electron chi connectivity index (χ3n) is 4.16. The quantitative estimate of drug-likeness (QED) is 0.451. The van der Waals surface area contributed by atoms with Crippen LogP contribution in [0.25, 0.3) is 0 Å². The molecule has 0 atom stereocenters. The molecule has 0 aliphatic heterocycles. The minimum absolute atomic E-state index is 0.158. The Morgan fingerprint density at radius 3 is 2.29 bits per heavy atom. The molecule has 0 fully saturated rings. The summed E-state index contributed by atoms with van der Waals surface area (Å²) in [5.74, 6) is -0.192. The van der Waals surface area contributed by atoms with Crippen LogP contribution >= 0.6 is 11.6 Å². The third-order valence-corrected chi connectivity index (χ3v) is 4.44. The van der Waals surface area contributed by atoms with Gasteiger partial charge in [0.05, 0.1) is 14.9 Å². The molecule has 28 heavy (non-hydrogen) atoms. The van der Waals surface area contributed by atoms with Gasteiger partial charge in [-0.15, -0.1) is 0 Å². The number of nitro benzene ring substituents is 2. The molecule has 1 N–H and O–H groups in total. The van der Waals surface area contributed by atoms with E-state index in [1.54, 1.807) is 30.3 Å². The van der Waals surface area contributed by atoms with E-state index in [2.05, 4.69) is 10.2 Å². The van der Waals surface area contributed by atoms with E-state index in [9.17, 15) is 20.2 Å². The molecule has 0 saturated carbocycles. The number of rotatable bonds is 10. The van der Waals surface area contributed by atoms with E-state index in [0.717, 1.165) is 19.2 Å². The molecular weight excluding hydrogens is 388 g/mol. The van der Waals surface area contributed by atoms with E-state index in [-0.39, 0.29) is 23.1 Å². The summed E-state index contributed by atoms with van der Waals surface area (Å²) in [6, 6.07) is 9.52. The Balaban J connectivity index is 2.48. The van der Waals surface area contributed by atoms with E-state index >= 15 is 0 Å². The summed E-state index contributed by atoms with van der Waals surface area (Å²) in [5.41, 5.74) is -0.882. The number of hydrogen-bond acceptors (Lipinski definition) is 7. The molecule has 150 valence electrons. The molecule has 0 aliphatic rings. The predicted molar refractivity (Wildman–Crippen MR) is 108 cm³/mol. The van der Waals surface area contributed by atoms with Gasteiger partial charge in [0.1, 0.15) is 6.61 Å². The van der Waals surface area contributed by atoms with Gasteiger partial charge in [-0.1, -0.05) is 43.6 Å². The summed E-state index contributed by atoms with van der Waals surface area (Å²) in [7, 11) is 0. The molecule has 0 unspecified atom stereocenters. The first-order chi connectivity index (χ1) is 13.4.